The van der Waals surface area contributed by atoms with Gasteiger partial charge < -0.3 is 14.6 Å². The minimum atomic E-state index is -1.61. The van der Waals surface area contributed by atoms with Crippen molar-refractivity contribution in [2.75, 3.05) is 11.9 Å². The molecule has 3 rings (SSSR count). The molecule has 3 aromatic heterocycles. The molecule has 11 heteroatoms. The van der Waals surface area contributed by atoms with Gasteiger partial charge in [0.15, 0.2) is 0 Å². The van der Waals surface area contributed by atoms with E-state index in [9.17, 15) is 19.2 Å². The van der Waals surface area contributed by atoms with Crippen molar-refractivity contribution in [2.45, 2.75) is 33.9 Å². The molecule has 33 heavy (non-hydrogen) atoms. The third-order valence-electron chi connectivity index (χ3n) is 4.78. The maximum Gasteiger partial charge on any atom is 0.374 e. The van der Waals surface area contributed by atoms with E-state index in [0.717, 1.165) is 9.44 Å². The predicted molar refractivity (Wildman–Crippen MR) is 126 cm³/mol. The molecule has 0 bridgehead atoms. The van der Waals surface area contributed by atoms with Crippen LogP contribution in [0.3, 0.4) is 0 Å². The second-order valence-corrected chi connectivity index (χ2v) is 10.3. The fourth-order valence-electron chi connectivity index (χ4n) is 3.02. The summed E-state index contributed by atoms with van der Waals surface area (Å²) in [6, 6.07) is 8.23. The van der Waals surface area contributed by atoms with Crippen LogP contribution in [0.2, 0.25) is 4.34 Å². The molecule has 0 fully saturated rings. The van der Waals surface area contributed by atoms with E-state index in [4.69, 9.17) is 16.7 Å². The standard InChI is InChI=1S/C22H23ClN4O5S/c1-22(2,3)21(32)27-18(25(4)11-14-5-6-17(23)33-14)10-15(24-27)13-7-8-26(19(29)9-13)12-16(28)20(30)31/h5-10H,11-12H2,1-4H3,(H,30,31). The number of aromatic nitrogens is 3. The molecule has 0 atom stereocenters. The number of aliphatic carboxylic acids is 1. The lowest BCUT2D eigenvalue weighted by Gasteiger charge is -2.22. The van der Waals surface area contributed by atoms with Crippen molar-refractivity contribution in [2.24, 2.45) is 5.41 Å². The number of carbonyl (C=O) groups excluding carboxylic acids is 2. The Morgan fingerprint density at radius 1 is 1.18 bits per heavy atom. The summed E-state index contributed by atoms with van der Waals surface area (Å²) in [5.74, 6) is -2.38. The van der Waals surface area contributed by atoms with Crippen LogP contribution in [0.4, 0.5) is 5.82 Å². The summed E-state index contributed by atoms with van der Waals surface area (Å²) >= 11 is 7.47. The van der Waals surface area contributed by atoms with Crippen molar-refractivity contribution in [1.82, 2.24) is 14.3 Å². The molecule has 3 aromatic rings. The first-order valence-corrected chi connectivity index (χ1v) is 11.1. The molecule has 0 aliphatic carbocycles. The lowest BCUT2D eigenvalue weighted by molar-refractivity contribution is -0.149. The number of thiophene rings is 1. The molecule has 0 saturated carbocycles. The summed E-state index contributed by atoms with van der Waals surface area (Å²) in [6.07, 6.45) is 1.33. The Labute approximate surface area is 198 Å². The van der Waals surface area contributed by atoms with Crippen LogP contribution in [-0.2, 0) is 22.7 Å². The van der Waals surface area contributed by atoms with Crippen molar-refractivity contribution in [3.63, 3.8) is 0 Å². The van der Waals surface area contributed by atoms with Crippen LogP contribution in [0.1, 0.15) is 30.4 Å². The molecule has 0 aliphatic heterocycles. The third-order valence-corrected chi connectivity index (χ3v) is 6.00. The molecule has 9 nitrogen and oxygen atoms in total. The van der Waals surface area contributed by atoms with Crippen LogP contribution in [0.5, 0.6) is 0 Å². The lowest BCUT2D eigenvalue weighted by Crippen LogP contribution is -2.31. The minimum absolute atomic E-state index is 0.222. The first-order chi connectivity index (χ1) is 15.4. The van der Waals surface area contributed by atoms with Crippen LogP contribution < -0.4 is 10.5 Å². The van der Waals surface area contributed by atoms with Gasteiger partial charge in [0.2, 0.25) is 0 Å². The molecule has 0 spiro atoms. The first kappa shape index (κ1) is 24.4. The zero-order chi connectivity index (χ0) is 24.5. The summed E-state index contributed by atoms with van der Waals surface area (Å²) in [4.78, 5) is 50.6. The number of Topliss-reactive ketones (excluding diaryl/α,β-unsaturated/α-hetero) is 1. The Hall–Kier alpha value is -3.24. The molecule has 0 unspecified atom stereocenters. The fraction of sp³-hybridized carbons (Fsp3) is 0.318. The topological polar surface area (TPSA) is 114 Å². The molecule has 0 radical (unpaired) electrons. The number of carboxylic acid groups (broad SMARTS) is 1. The van der Waals surface area contributed by atoms with Crippen LogP contribution in [0, 0.1) is 5.41 Å². The van der Waals surface area contributed by atoms with Gasteiger partial charge in [-0.15, -0.1) is 11.3 Å². The van der Waals surface area contributed by atoms with Crippen LogP contribution in [-0.4, -0.2) is 44.2 Å². The minimum Gasteiger partial charge on any atom is -0.475 e. The summed E-state index contributed by atoms with van der Waals surface area (Å²) in [6.45, 7) is 5.31. The number of ketones is 1. The quantitative estimate of drug-likeness (QED) is 0.505. The molecule has 0 saturated heterocycles. The van der Waals surface area contributed by atoms with E-state index in [1.165, 1.54) is 28.3 Å². The van der Waals surface area contributed by atoms with Gasteiger partial charge in [0, 0.05) is 41.2 Å². The second-order valence-electron chi connectivity index (χ2n) is 8.53. The van der Waals surface area contributed by atoms with Gasteiger partial charge in [-0.25, -0.2) is 4.79 Å². The highest BCUT2D eigenvalue weighted by Gasteiger charge is 2.28. The van der Waals surface area contributed by atoms with E-state index >= 15 is 0 Å². The SMILES string of the molecule is CN(Cc1ccc(Cl)s1)c1cc(-c2ccn(CC(=O)C(=O)O)c(=O)c2)nn1C(=O)C(C)(C)C. The summed E-state index contributed by atoms with van der Waals surface area (Å²) in [7, 11) is 1.83. The van der Waals surface area contributed by atoms with E-state index in [1.54, 1.807) is 32.9 Å². The number of halogens is 1. The Balaban J connectivity index is 2.00. The van der Waals surface area contributed by atoms with Gasteiger partial charge in [-0.1, -0.05) is 32.4 Å². The number of carbonyl (C=O) groups is 3. The zero-order valence-corrected chi connectivity index (χ0v) is 20.1. The number of anilines is 1. The van der Waals surface area contributed by atoms with Crippen LogP contribution >= 0.6 is 22.9 Å². The monoisotopic (exact) mass is 490 g/mol. The van der Waals surface area contributed by atoms with Gasteiger partial charge in [-0.05, 0) is 18.2 Å². The van der Waals surface area contributed by atoms with Crippen LogP contribution in [0.15, 0.2) is 41.3 Å². The molecule has 0 aromatic carbocycles. The predicted octanol–water partition coefficient (Wildman–Crippen LogP) is 3.40. The largest absolute Gasteiger partial charge is 0.475 e. The maximum absolute atomic E-state index is 13.1. The molecule has 0 amide bonds. The lowest BCUT2D eigenvalue weighted by atomic mass is 9.96. The van der Waals surface area contributed by atoms with Crippen molar-refractivity contribution in [3.8, 4) is 11.3 Å². The molecular formula is C22H23ClN4O5S. The van der Waals surface area contributed by atoms with Crippen molar-refractivity contribution < 1.29 is 19.5 Å². The number of hydrogen-bond donors (Lipinski definition) is 1. The summed E-state index contributed by atoms with van der Waals surface area (Å²) in [5, 5.41) is 13.2. The maximum atomic E-state index is 13.1. The van der Waals surface area contributed by atoms with E-state index in [0.29, 0.717) is 28.0 Å². The highest BCUT2D eigenvalue weighted by Crippen LogP contribution is 2.29. The second kappa shape index (κ2) is 9.32. The van der Waals surface area contributed by atoms with E-state index in [-0.39, 0.29) is 5.91 Å². The number of nitrogens with zero attached hydrogens (tertiary/aromatic N) is 4. The van der Waals surface area contributed by atoms with Crippen molar-refractivity contribution >= 4 is 46.4 Å². The van der Waals surface area contributed by atoms with Crippen LogP contribution in [0.25, 0.3) is 11.3 Å². The Kier molecular flexibility index (Phi) is 6.89. The number of hydrogen-bond acceptors (Lipinski definition) is 7. The van der Waals surface area contributed by atoms with Crippen molar-refractivity contribution in [3.05, 3.63) is 56.1 Å². The van der Waals surface area contributed by atoms with E-state index < -0.39 is 29.3 Å². The molecule has 174 valence electrons. The zero-order valence-electron chi connectivity index (χ0n) is 18.5. The van der Waals surface area contributed by atoms with Crippen molar-refractivity contribution in [1.29, 1.82) is 0 Å². The molecule has 0 aliphatic rings. The Morgan fingerprint density at radius 3 is 2.42 bits per heavy atom. The molecule has 1 N–H and O–H groups in total. The fourth-order valence-corrected chi connectivity index (χ4v) is 4.16. The highest BCUT2D eigenvalue weighted by atomic mass is 35.5. The van der Waals surface area contributed by atoms with E-state index in [1.807, 2.05) is 24.1 Å². The van der Waals surface area contributed by atoms with Gasteiger partial charge in [0.1, 0.15) is 5.82 Å². The van der Waals surface area contributed by atoms with Gasteiger partial charge in [0.25, 0.3) is 17.2 Å². The number of rotatable bonds is 7. The average molecular weight is 491 g/mol. The first-order valence-electron chi connectivity index (χ1n) is 9.94. The van der Waals surface area contributed by atoms with Gasteiger partial charge >= 0.3 is 5.97 Å². The van der Waals surface area contributed by atoms with Gasteiger partial charge in [-0.2, -0.15) is 9.78 Å². The third kappa shape index (κ3) is 5.58. The van der Waals surface area contributed by atoms with E-state index in [2.05, 4.69) is 5.10 Å². The molecular weight excluding hydrogens is 468 g/mol. The smallest absolute Gasteiger partial charge is 0.374 e. The highest BCUT2D eigenvalue weighted by molar-refractivity contribution is 7.16. The Morgan fingerprint density at radius 2 is 1.88 bits per heavy atom. The van der Waals surface area contributed by atoms with Gasteiger partial charge in [-0.3, -0.25) is 14.4 Å². The molecule has 3 heterocycles. The number of carboxylic acids is 1. The summed E-state index contributed by atoms with van der Waals surface area (Å²) < 4.78 is 3.00. The average Bonchev–Trinajstić information content (AvgIpc) is 3.34. The normalized spacial score (nSPS) is 11.4. The number of pyridine rings is 1. The summed E-state index contributed by atoms with van der Waals surface area (Å²) in [5.41, 5.74) is -0.422. The Bertz CT molecular complexity index is 1280. The van der Waals surface area contributed by atoms with Gasteiger partial charge in [0.05, 0.1) is 23.1 Å².